The Labute approximate surface area is 120 Å². The Morgan fingerprint density at radius 2 is 1.05 bits per heavy atom. The molecule has 1 aromatic rings. The van der Waals surface area contributed by atoms with Gasteiger partial charge in [0.2, 0.25) is 0 Å². The van der Waals surface area contributed by atoms with Crippen molar-refractivity contribution in [3.63, 3.8) is 0 Å². The Morgan fingerprint density at radius 3 is 1.35 bits per heavy atom. The van der Waals surface area contributed by atoms with Gasteiger partial charge in [-0.2, -0.15) is 10.5 Å². The monoisotopic (exact) mass is 272 g/mol. The summed E-state index contributed by atoms with van der Waals surface area (Å²) in [6, 6.07) is 4.16. The van der Waals surface area contributed by atoms with Gasteiger partial charge in [0.1, 0.15) is 18.0 Å². The van der Waals surface area contributed by atoms with Crippen LogP contribution in [0.3, 0.4) is 0 Å². The first-order chi connectivity index (χ1) is 9.27. The highest BCUT2D eigenvalue weighted by atomic mass is 19.1. The topological polar surface area (TPSA) is 47.6 Å². The molecule has 106 valence electrons. The zero-order chi connectivity index (χ0) is 15.6. The average Bonchev–Trinajstić information content (AvgIpc) is 2.35. The van der Waals surface area contributed by atoms with Crippen LogP contribution in [0, 0.1) is 28.5 Å². The zero-order valence-corrected chi connectivity index (χ0v) is 13.0. The van der Waals surface area contributed by atoms with E-state index in [1.54, 1.807) is 0 Å². The molecule has 0 saturated carbocycles. The Morgan fingerprint density at radius 1 is 0.700 bits per heavy atom. The molecule has 0 atom stereocenters. The smallest absolute Gasteiger partial charge is 0.131 e. The van der Waals surface area contributed by atoms with Gasteiger partial charge in [0.05, 0.1) is 11.1 Å². The number of nitrogens with zero attached hydrogens (tertiary/aromatic N) is 2. The van der Waals surface area contributed by atoms with E-state index in [-0.39, 0.29) is 29.1 Å². The van der Waals surface area contributed by atoms with Crippen molar-refractivity contribution < 1.29 is 4.39 Å². The molecule has 0 aliphatic heterocycles. The van der Waals surface area contributed by atoms with Gasteiger partial charge in [-0.3, -0.25) is 0 Å². The minimum absolute atomic E-state index is 0.00450. The summed E-state index contributed by atoms with van der Waals surface area (Å²) in [7, 11) is 0. The van der Waals surface area contributed by atoms with Crippen molar-refractivity contribution in [3.05, 3.63) is 33.6 Å². The predicted molar refractivity (Wildman–Crippen MR) is 78.1 cm³/mol. The van der Waals surface area contributed by atoms with Gasteiger partial charge in [-0.05, 0) is 28.9 Å². The molecule has 0 heterocycles. The van der Waals surface area contributed by atoms with Crippen molar-refractivity contribution in [3.8, 4) is 12.1 Å². The van der Waals surface area contributed by atoms with Crippen LogP contribution in [-0.2, 0) is 0 Å². The lowest BCUT2D eigenvalue weighted by molar-refractivity contribution is 0.563. The predicted octanol–water partition coefficient (Wildman–Crippen LogP) is 4.94. The van der Waals surface area contributed by atoms with Crippen LogP contribution in [0.5, 0.6) is 0 Å². The highest BCUT2D eigenvalue weighted by molar-refractivity contribution is 5.60. The van der Waals surface area contributed by atoms with E-state index in [9.17, 15) is 14.9 Å². The number of benzene rings is 1. The summed E-state index contributed by atoms with van der Waals surface area (Å²) in [5.74, 6) is -0.459. The summed E-state index contributed by atoms with van der Waals surface area (Å²) in [6.45, 7) is 11.4. The molecule has 3 heteroatoms. The normalized spacial score (nSPS) is 11.0. The van der Waals surface area contributed by atoms with E-state index in [0.717, 1.165) is 0 Å². The lowest BCUT2D eigenvalue weighted by atomic mass is 9.80. The SMILES string of the molecule is CC(C)c1c(F)c(C(C)C)c(C(C)C)c(C#N)c1C#N. The van der Waals surface area contributed by atoms with Crippen LogP contribution in [0.15, 0.2) is 0 Å². The van der Waals surface area contributed by atoms with Crippen LogP contribution < -0.4 is 0 Å². The summed E-state index contributed by atoms with van der Waals surface area (Å²) >= 11 is 0. The standard InChI is InChI=1S/C17H21FN2/c1-9(2)14-12(7-19)13(8-20)15(10(3)4)17(18)16(14)11(5)6/h9-11H,1-6H3. The van der Waals surface area contributed by atoms with E-state index in [2.05, 4.69) is 6.07 Å². The first kappa shape index (κ1) is 16.2. The molecule has 0 aliphatic rings. The third-order valence-corrected chi connectivity index (χ3v) is 3.51. The summed E-state index contributed by atoms with van der Waals surface area (Å²) in [5, 5.41) is 18.8. The van der Waals surface area contributed by atoms with Crippen LogP contribution in [0.1, 0.15) is 87.1 Å². The quantitative estimate of drug-likeness (QED) is 0.782. The van der Waals surface area contributed by atoms with Crippen LogP contribution >= 0.6 is 0 Å². The van der Waals surface area contributed by atoms with Gasteiger partial charge < -0.3 is 0 Å². The van der Waals surface area contributed by atoms with Crippen molar-refractivity contribution in [1.29, 1.82) is 10.5 Å². The molecule has 20 heavy (non-hydrogen) atoms. The molecule has 2 nitrogen and oxygen atoms in total. The highest BCUT2D eigenvalue weighted by Crippen LogP contribution is 2.38. The van der Waals surface area contributed by atoms with Gasteiger partial charge in [0.15, 0.2) is 0 Å². The van der Waals surface area contributed by atoms with Gasteiger partial charge in [-0.1, -0.05) is 41.5 Å². The van der Waals surface area contributed by atoms with Crippen LogP contribution in [0.2, 0.25) is 0 Å². The van der Waals surface area contributed by atoms with E-state index in [1.165, 1.54) is 0 Å². The second-order valence-electron chi connectivity index (χ2n) is 5.99. The fourth-order valence-corrected chi connectivity index (χ4v) is 2.72. The molecule has 0 radical (unpaired) electrons. The molecule has 1 aromatic carbocycles. The number of halogens is 1. The number of nitriles is 2. The fraction of sp³-hybridized carbons (Fsp3) is 0.529. The number of hydrogen-bond donors (Lipinski definition) is 0. The molecule has 0 unspecified atom stereocenters. The molecule has 0 fully saturated rings. The summed E-state index contributed by atoms with van der Waals surface area (Å²) in [6.07, 6.45) is 0. The third-order valence-electron chi connectivity index (χ3n) is 3.51. The molecule has 1 rings (SSSR count). The minimum atomic E-state index is -0.311. The van der Waals surface area contributed by atoms with Crippen molar-refractivity contribution in [1.82, 2.24) is 0 Å². The molecule has 0 N–H and O–H groups in total. The van der Waals surface area contributed by atoms with Crippen LogP contribution in [-0.4, -0.2) is 0 Å². The van der Waals surface area contributed by atoms with Crippen molar-refractivity contribution in [2.45, 2.75) is 59.3 Å². The zero-order valence-electron chi connectivity index (χ0n) is 13.0. The summed E-state index contributed by atoms with van der Waals surface area (Å²) in [4.78, 5) is 0. The van der Waals surface area contributed by atoms with Crippen molar-refractivity contribution in [2.24, 2.45) is 0 Å². The van der Waals surface area contributed by atoms with Gasteiger partial charge >= 0.3 is 0 Å². The number of rotatable bonds is 3. The Kier molecular flexibility index (Phi) is 4.90. The number of hydrogen-bond acceptors (Lipinski definition) is 2. The maximum atomic E-state index is 14.9. The largest absolute Gasteiger partial charge is 0.206 e. The molecular formula is C17H21FN2. The summed E-state index contributed by atoms with van der Waals surface area (Å²) in [5.41, 5.74) is 2.18. The molecule has 0 aromatic heterocycles. The second-order valence-corrected chi connectivity index (χ2v) is 5.99. The molecule has 0 aliphatic carbocycles. The van der Waals surface area contributed by atoms with E-state index in [4.69, 9.17) is 0 Å². The van der Waals surface area contributed by atoms with E-state index < -0.39 is 0 Å². The average molecular weight is 272 g/mol. The Bertz CT molecular complexity index is 599. The van der Waals surface area contributed by atoms with Crippen molar-refractivity contribution >= 4 is 0 Å². The molecule has 0 amide bonds. The van der Waals surface area contributed by atoms with E-state index in [1.807, 2.05) is 47.6 Å². The summed E-state index contributed by atoms with van der Waals surface area (Å²) < 4.78 is 14.9. The Balaban J connectivity index is 4.02. The van der Waals surface area contributed by atoms with Crippen molar-refractivity contribution in [2.75, 3.05) is 0 Å². The first-order valence-corrected chi connectivity index (χ1v) is 6.97. The van der Waals surface area contributed by atoms with Crippen LogP contribution in [0.25, 0.3) is 0 Å². The molecule has 0 bridgehead atoms. The van der Waals surface area contributed by atoms with E-state index in [0.29, 0.717) is 22.3 Å². The van der Waals surface area contributed by atoms with Crippen LogP contribution in [0.4, 0.5) is 4.39 Å². The third kappa shape index (κ3) is 2.54. The van der Waals surface area contributed by atoms with Gasteiger partial charge in [-0.25, -0.2) is 4.39 Å². The molecule has 0 spiro atoms. The lowest BCUT2D eigenvalue weighted by Crippen LogP contribution is -2.13. The lowest BCUT2D eigenvalue weighted by Gasteiger charge is -2.23. The maximum absolute atomic E-state index is 14.9. The highest BCUT2D eigenvalue weighted by Gasteiger charge is 2.28. The molecule has 0 saturated heterocycles. The first-order valence-electron chi connectivity index (χ1n) is 6.97. The molecular weight excluding hydrogens is 251 g/mol. The Hall–Kier alpha value is -1.87. The van der Waals surface area contributed by atoms with Gasteiger partial charge in [0, 0.05) is 5.56 Å². The maximum Gasteiger partial charge on any atom is 0.131 e. The van der Waals surface area contributed by atoms with E-state index >= 15 is 0 Å². The minimum Gasteiger partial charge on any atom is -0.206 e. The van der Waals surface area contributed by atoms with Gasteiger partial charge in [-0.15, -0.1) is 0 Å². The fourth-order valence-electron chi connectivity index (χ4n) is 2.72. The van der Waals surface area contributed by atoms with Gasteiger partial charge in [0.25, 0.3) is 0 Å². The second kappa shape index (κ2) is 6.06.